The summed E-state index contributed by atoms with van der Waals surface area (Å²) < 4.78 is 13.4. The molecule has 0 radical (unpaired) electrons. The first-order valence-corrected chi connectivity index (χ1v) is 14.7. The summed E-state index contributed by atoms with van der Waals surface area (Å²) in [6.45, 7) is 6.94. The molecule has 1 N–H and O–H groups in total. The minimum Gasteiger partial charge on any atom is -0.497 e. The van der Waals surface area contributed by atoms with Gasteiger partial charge in [-0.05, 0) is 50.2 Å². The summed E-state index contributed by atoms with van der Waals surface area (Å²) in [5.41, 5.74) is 3.52. The fraction of sp³-hybridized carbons (Fsp3) is 0.312. The van der Waals surface area contributed by atoms with Gasteiger partial charge in [-0.15, -0.1) is 0 Å². The monoisotopic (exact) mass is 608 g/mol. The molecule has 5 rings (SSSR count). The lowest BCUT2D eigenvalue weighted by atomic mass is 10.0. The van der Waals surface area contributed by atoms with Crippen LogP contribution in [-0.4, -0.2) is 83.0 Å². The number of carbonyl (C=O) groups excluding carboxylic acids is 1. The Labute approximate surface area is 256 Å². The van der Waals surface area contributed by atoms with Gasteiger partial charge in [-0.1, -0.05) is 47.5 Å². The van der Waals surface area contributed by atoms with Gasteiger partial charge >= 0.3 is 6.03 Å². The first-order chi connectivity index (χ1) is 20.3. The highest BCUT2D eigenvalue weighted by Gasteiger charge is 2.31. The first-order valence-electron chi connectivity index (χ1n) is 13.9. The molecule has 0 bridgehead atoms. The van der Waals surface area contributed by atoms with Gasteiger partial charge in [-0.25, -0.2) is 14.3 Å². The van der Waals surface area contributed by atoms with E-state index < -0.39 is 0 Å². The largest absolute Gasteiger partial charge is 0.497 e. The Balaban J connectivity index is 1.76. The number of amides is 1. The van der Waals surface area contributed by atoms with Gasteiger partial charge in [0.2, 0.25) is 0 Å². The first kappa shape index (κ1) is 29.9. The lowest BCUT2D eigenvalue weighted by molar-refractivity contribution is 0.123. The van der Waals surface area contributed by atoms with Gasteiger partial charge in [0, 0.05) is 60.0 Å². The van der Waals surface area contributed by atoms with Crippen molar-refractivity contribution in [2.45, 2.75) is 20.0 Å². The Bertz CT molecular complexity index is 1530. The third kappa shape index (κ3) is 6.42. The Morgan fingerprint density at radius 3 is 2.12 bits per heavy atom. The fourth-order valence-electron chi connectivity index (χ4n) is 5.08. The van der Waals surface area contributed by atoms with Gasteiger partial charge in [0.1, 0.15) is 11.5 Å². The predicted octanol–water partition coefficient (Wildman–Crippen LogP) is 6.56. The quantitative estimate of drug-likeness (QED) is 0.244. The molecule has 0 atom stereocenters. The summed E-state index contributed by atoms with van der Waals surface area (Å²) in [6, 6.07) is 20.1. The molecule has 1 aliphatic rings. The number of imidazole rings is 1. The Morgan fingerprint density at radius 1 is 0.929 bits per heavy atom. The smallest absolute Gasteiger partial charge is 0.330 e. The molecule has 0 saturated carbocycles. The van der Waals surface area contributed by atoms with E-state index in [0.717, 1.165) is 11.1 Å². The van der Waals surface area contributed by atoms with Crippen molar-refractivity contribution in [2.75, 3.05) is 46.4 Å². The molecule has 220 valence electrons. The van der Waals surface area contributed by atoms with Gasteiger partial charge in [0.15, 0.2) is 5.82 Å². The van der Waals surface area contributed by atoms with E-state index in [1.807, 2.05) is 73.3 Å². The minimum absolute atomic E-state index is 0.0842. The number of aromatic nitrogens is 2. The number of halogens is 2. The van der Waals surface area contributed by atoms with Crippen molar-refractivity contribution in [2.24, 2.45) is 0 Å². The van der Waals surface area contributed by atoms with Crippen LogP contribution in [0.5, 0.6) is 11.5 Å². The second kappa shape index (κ2) is 13.2. The number of hydrogen-bond acceptors (Lipinski definition) is 6. The number of aliphatic hydroxyl groups excluding tert-OH is 1. The van der Waals surface area contributed by atoms with Crippen LogP contribution in [-0.2, 0) is 0 Å². The number of nitrogens with zero attached hydrogens (tertiary/aromatic N) is 4. The van der Waals surface area contributed by atoms with Crippen molar-refractivity contribution in [1.82, 2.24) is 19.4 Å². The van der Waals surface area contributed by atoms with Crippen LogP contribution in [0.25, 0.3) is 33.9 Å². The third-order valence-corrected chi connectivity index (χ3v) is 7.66. The van der Waals surface area contributed by atoms with Gasteiger partial charge in [0.05, 0.1) is 36.8 Å². The van der Waals surface area contributed by atoms with E-state index in [2.05, 4.69) is 4.90 Å². The summed E-state index contributed by atoms with van der Waals surface area (Å²) in [4.78, 5) is 23.7. The number of carbonyl (C=O) groups is 1. The van der Waals surface area contributed by atoms with Gasteiger partial charge in [-0.3, -0.25) is 4.90 Å². The van der Waals surface area contributed by atoms with E-state index in [0.29, 0.717) is 77.0 Å². The van der Waals surface area contributed by atoms with Crippen LogP contribution >= 0.6 is 23.2 Å². The van der Waals surface area contributed by atoms with E-state index in [9.17, 15) is 9.90 Å². The van der Waals surface area contributed by atoms with E-state index >= 15 is 0 Å². The lowest BCUT2D eigenvalue weighted by Gasteiger charge is -2.34. The molecule has 3 aromatic carbocycles. The van der Waals surface area contributed by atoms with Gasteiger partial charge < -0.3 is 19.5 Å². The molecule has 0 spiro atoms. The van der Waals surface area contributed by atoms with E-state index in [1.54, 1.807) is 23.8 Å². The number of benzene rings is 3. The number of ether oxygens (including phenoxy) is 2. The average Bonchev–Trinajstić information content (AvgIpc) is 3.38. The highest BCUT2D eigenvalue weighted by atomic mass is 35.5. The van der Waals surface area contributed by atoms with Crippen LogP contribution in [0.4, 0.5) is 4.79 Å². The number of aliphatic hydroxyl groups is 1. The predicted molar refractivity (Wildman–Crippen MR) is 167 cm³/mol. The zero-order valence-electron chi connectivity index (χ0n) is 23.9. The molecule has 42 heavy (non-hydrogen) atoms. The molecule has 1 saturated heterocycles. The summed E-state index contributed by atoms with van der Waals surface area (Å²) >= 11 is 12.5. The minimum atomic E-state index is -0.197. The summed E-state index contributed by atoms with van der Waals surface area (Å²) in [5, 5.41) is 10.6. The molecule has 1 aromatic heterocycles. The summed E-state index contributed by atoms with van der Waals surface area (Å²) in [7, 11) is 1.60. The van der Waals surface area contributed by atoms with Crippen LogP contribution < -0.4 is 9.47 Å². The second-order valence-electron chi connectivity index (χ2n) is 10.3. The molecule has 4 aromatic rings. The van der Waals surface area contributed by atoms with E-state index in [1.165, 1.54) is 0 Å². The maximum atomic E-state index is 14.5. The number of hydrogen-bond donors (Lipinski definition) is 1. The van der Waals surface area contributed by atoms with Crippen molar-refractivity contribution in [3.63, 3.8) is 0 Å². The number of β-amino-alcohol motifs (C(OH)–C–C–N with tert-alkyl or cyclic N) is 1. The highest BCUT2D eigenvalue weighted by molar-refractivity contribution is 6.31. The van der Waals surface area contributed by atoms with Crippen molar-refractivity contribution in [3.05, 3.63) is 76.8 Å². The van der Waals surface area contributed by atoms with Crippen LogP contribution in [0.3, 0.4) is 0 Å². The summed E-state index contributed by atoms with van der Waals surface area (Å²) in [5.74, 6) is 1.64. The highest BCUT2D eigenvalue weighted by Crippen LogP contribution is 2.41. The molecule has 10 heteroatoms. The maximum Gasteiger partial charge on any atom is 0.330 e. The standard InChI is InChI=1S/C32H34Cl2N4O4/c1-21(2)42-28-20-26(41-3)12-13-27(28)31-35-29(22-4-8-24(33)9-5-22)30(23-6-10-25(34)11-7-23)38(31)32(40)37-16-14-36(15-17-37)18-19-39/h4-13,20-21,39H,14-19H2,1-3H3. The van der Waals surface area contributed by atoms with Gasteiger partial charge in [-0.2, -0.15) is 0 Å². The normalized spacial score (nSPS) is 13.9. The van der Waals surface area contributed by atoms with Crippen molar-refractivity contribution >= 4 is 29.2 Å². The zero-order valence-corrected chi connectivity index (χ0v) is 25.4. The molecule has 0 aliphatic carbocycles. The summed E-state index contributed by atoms with van der Waals surface area (Å²) in [6.07, 6.45) is -0.124. The average molecular weight is 610 g/mol. The number of methoxy groups -OCH3 is 1. The molecule has 1 fully saturated rings. The Kier molecular flexibility index (Phi) is 9.38. The number of rotatable bonds is 8. The molecular formula is C32H34Cl2N4O4. The molecule has 1 aliphatic heterocycles. The van der Waals surface area contributed by atoms with Crippen LogP contribution in [0, 0.1) is 0 Å². The molecular weight excluding hydrogens is 575 g/mol. The van der Waals surface area contributed by atoms with Crippen molar-refractivity contribution < 1.29 is 19.4 Å². The third-order valence-electron chi connectivity index (χ3n) is 7.16. The van der Waals surface area contributed by atoms with Gasteiger partial charge in [0.25, 0.3) is 0 Å². The SMILES string of the molecule is COc1ccc(-c2nc(-c3ccc(Cl)cc3)c(-c3ccc(Cl)cc3)n2C(=O)N2CCN(CCO)CC2)c(OC(C)C)c1. The van der Waals surface area contributed by atoms with Crippen LogP contribution in [0.1, 0.15) is 13.8 Å². The molecule has 1 amide bonds. The topological polar surface area (TPSA) is 80.1 Å². The molecule has 0 unspecified atom stereocenters. The van der Waals surface area contributed by atoms with E-state index in [4.69, 9.17) is 37.7 Å². The van der Waals surface area contributed by atoms with Crippen LogP contribution in [0.15, 0.2) is 66.7 Å². The molecule has 2 heterocycles. The number of piperazine rings is 1. The second-order valence-corrected chi connectivity index (χ2v) is 11.2. The maximum absolute atomic E-state index is 14.5. The fourth-order valence-corrected chi connectivity index (χ4v) is 5.33. The van der Waals surface area contributed by atoms with E-state index in [-0.39, 0.29) is 18.7 Å². The zero-order chi connectivity index (χ0) is 29.8. The Morgan fingerprint density at radius 2 is 1.55 bits per heavy atom. The van der Waals surface area contributed by atoms with Crippen molar-refractivity contribution in [3.8, 4) is 45.4 Å². The van der Waals surface area contributed by atoms with Crippen molar-refractivity contribution in [1.29, 1.82) is 0 Å². The van der Waals surface area contributed by atoms with Crippen LogP contribution in [0.2, 0.25) is 10.0 Å². The molecule has 8 nitrogen and oxygen atoms in total. The lowest BCUT2D eigenvalue weighted by Crippen LogP contribution is -2.50. The Hall–Kier alpha value is -3.56.